The van der Waals surface area contributed by atoms with Gasteiger partial charge in [-0.2, -0.15) is 16.9 Å². The second kappa shape index (κ2) is 14.2. The molecule has 6 rings (SSSR count). The van der Waals surface area contributed by atoms with E-state index in [1.54, 1.807) is 20.4 Å². The van der Waals surface area contributed by atoms with Gasteiger partial charge in [0, 0.05) is 47.7 Å². The molecule has 2 saturated heterocycles. The van der Waals surface area contributed by atoms with E-state index in [2.05, 4.69) is 26.3 Å². The summed E-state index contributed by atoms with van der Waals surface area (Å²) in [4.78, 5) is 28.1. The normalized spacial score (nSPS) is 19.4. The van der Waals surface area contributed by atoms with Crippen LogP contribution >= 0.6 is 23.4 Å². The van der Waals surface area contributed by atoms with Gasteiger partial charge in [0.05, 0.1) is 57.4 Å². The Kier molecular flexibility index (Phi) is 9.86. The number of hydrogen-bond acceptors (Lipinski definition) is 9. The third-order valence-corrected chi connectivity index (χ3v) is 10.2. The third-order valence-electron chi connectivity index (χ3n) is 8.39. The van der Waals surface area contributed by atoms with E-state index in [0.717, 1.165) is 47.4 Å². The Morgan fingerprint density at radius 2 is 2.02 bits per heavy atom. The maximum atomic E-state index is 12.3. The van der Waals surface area contributed by atoms with Crippen LogP contribution in [0.25, 0.3) is 11.3 Å². The maximum absolute atomic E-state index is 12.3. The van der Waals surface area contributed by atoms with Gasteiger partial charge in [0.1, 0.15) is 0 Å². The van der Waals surface area contributed by atoms with E-state index in [-0.39, 0.29) is 24.0 Å². The summed E-state index contributed by atoms with van der Waals surface area (Å²) in [5, 5.41) is 18.0. The van der Waals surface area contributed by atoms with Crippen molar-refractivity contribution in [1.29, 1.82) is 0 Å². The van der Waals surface area contributed by atoms with Gasteiger partial charge in [-0.1, -0.05) is 18.0 Å². The molecule has 4 heterocycles. The number of unbranched alkanes of at least 4 members (excludes halogenated alkanes) is 1. The van der Waals surface area contributed by atoms with E-state index in [4.69, 9.17) is 30.9 Å². The second-order valence-corrected chi connectivity index (χ2v) is 12.9. The van der Waals surface area contributed by atoms with Gasteiger partial charge in [0.25, 0.3) is 0 Å². The molecule has 3 aliphatic rings. The number of hydrogen-bond donors (Lipinski definition) is 4. The van der Waals surface area contributed by atoms with Gasteiger partial charge in [-0.05, 0) is 42.7 Å². The highest BCUT2D eigenvalue weighted by atomic mass is 35.5. The Bertz CT molecular complexity index is 1550. The molecule has 2 aromatic heterocycles. The predicted molar refractivity (Wildman–Crippen MR) is 174 cm³/mol. The third kappa shape index (κ3) is 6.95. The number of rotatable bonds is 15. The largest absolute Gasteiger partial charge is 0.493 e. The lowest BCUT2D eigenvalue weighted by atomic mass is 10.0. The van der Waals surface area contributed by atoms with Crippen molar-refractivity contribution in [2.24, 2.45) is 0 Å². The van der Waals surface area contributed by atoms with Crippen LogP contribution in [0.3, 0.4) is 0 Å². The molecule has 3 unspecified atom stereocenters. The molecule has 3 atom stereocenters. The summed E-state index contributed by atoms with van der Waals surface area (Å²) in [6.45, 7) is 1.79. The number of methoxy groups -OCH3 is 2. The van der Waals surface area contributed by atoms with Gasteiger partial charge in [-0.25, -0.2) is 9.78 Å². The smallest absolute Gasteiger partial charge is 0.315 e. The average molecular weight is 656 g/mol. The molecule has 0 spiro atoms. The van der Waals surface area contributed by atoms with Crippen molar-refractivity contribution in [3.05, 3.63) is 46.7 Å². The summed E-state index contributed by atoms with van der Waals surface area (Å²) < 4.78 is 19.0. The maximum Gasteiger partial charge on any atom is 0.315 e. The predicted octanol–water partition coefficient (Wildman–Crippen LogP) is 4.12. The second-order valence-electron chi connectivity index (χ2n) is 11.2. The fourth-order valence-corrected chi connectivity index (χ4v) is 7.90. The summed E-state index contributed by atoms with van der Waals surface area (Å²) >= 11 is 8.23. The van der Waals surface area contributed by atoms with E-state index in [9.17, 15) is 9.59 Å². The summed E-state index contributed by atoms with van der Waals surface area (Å²) in [5.74, 6) is 3.02. The number of benzene rings is 1. The average Bonchev–Trinajstić information content (AvgIpc) is 3.78. The van der Waals surface area contributed by atoms with Crippen molar-refractivity contribution >= 4 is 46.8 Å². The number of aromatic nitrogens is 3. The van der Waals surface area contributed by atoms with Gasteiger partial charge in [-0.3, -0.25) is 9.48 Å². The summed E-state index contributed by atoms with van der Waals surface area (Å²) in [6, 6.07) is 8.06. The Labute approximate surface area is 271 Å². The highest BCUT2D eigenvalue weighted by Gasteiger charge is 2.42. The molecule has 12 nitrogen and oxygen atoms in total. The lowest BCUT2D eigenvalue weighted by Gasteiger charge is -2.16. The van der Waals surface area contributed by atoms with E-state index in [0.29, 0.717) is 72.6 Å². The number of urea groups is 1. The Morgan fingerprint density at radius 1 is 1.18 bits per heavy atom. The van der Waals surface area contributed by atoms with Crippen molar-refractivity contribution < 1.29 is 23.8 Å². The van der Waals surface area contributed by atoms with Crippen LogP contribution in [0, 0.1) is 0 Å². The number of pyridine rings is 1. The fraction of sp³-hybridized carbons (Fsp3) is 0.484. The van der Waals surface area contributed by atoms with Crippen LogP contribution in [0.15, 0.2) is 30.5 Å². The lowest BCUT2D eigenvalue weighted by molar-refractivity contribution is -0.121. The molecule has 45 heavy (non-hydrogen) atoms. The van der Waals surface area contributed by atoms with Crippen molar-refractivity contribution in [3.8, 4) is 22.8 Å². The molecule has 0 saturated carbocycles. The number of carbonyl (C=O) groups is 2. The zero-order valence-electron chi connectivity index (χ0n) is 25.4. The van der Waals surface area contributed by atoms with Crippen LogP contribution in [-0.2, 0) is 22.5 Å². The zero-order valence-corrected chi connectivity index (χ0v) is 26.9. The van der Waals surface area contributed by atoms with E-state index >= 15 is 0 Å². The number of nitrogens with zero attached hydrogens (tertiary/aromatic N) is 3. The van der Waals surface area contributed by atoms with Crippen LogP contribution in [0.4, 0.5) is 16.3 Å². The molecule has 2 aliphatic heterocycles. The van der Waals surface area contributed by atoms with Crippen LogP contribution in [0.5, 0.6) is 11.5 Å². The van der Waals surface area contributed by atoms with E-state index < -0.39 is 0 Å². The summed E-state index contributed by atoms with van der Waals surface area (Å²) in [7, 11) is 3.26. The number of nitrogens with one attached hydrogen (secondary N) is 4. The molecule has 4 N–H and O–H groups in total. The molecular formula is C31H38ClN7O5S. The Balaban J connectivity index is 0.986. The van der Waals surface area contributed by atoms with Crippen LogP contribution in [-0.4, -0.2) is 83.8 Å². The van der Waals surface area contributed by atoms with Crippen molar-refractivity contribution in [2.75, 3.05) is 45.0 Å². The van der Waals surface area contributed by atoms with Gasteiger partial charge < -0.3 is 35.5 Å². The van der Waals surface area contributed by atoms with Crippen LogP contribution in [0.1, 0.15) is 36.8 Å². The number of amides is 3. The molecule has 14 heteroatoms. The molecule has 0 radical (unpaired) electrons. The lowest BCUT2D eigenvalue weighted by Crippen LogP contribution is -2.36. The van der Waals surface area contributed by atoms with Gasteiger partial charge in [0.2, 0.25) is 5.91 Å². The Hall–Kier alpha value is -3.68. The number of anilines is 2. The SMILES string of the molecule is COc1cc2c(cc1OC)-c1c(c(Nc3cccnc3Cl)nn1CCOCCNC(=O)CCCCC1SCC3NC(=O)NC31)C2. The molecule has 2 fully saturated rings. The molecule has 0 bridgehead atoms. The first kappa shape index (κ1) is 31.3. The van der Waals surface area contributed by atoms with Crippen LogP contribution in [0.2, 0.25) is 5.15 Å². The molecule has 3 aromatic rings. The van der Waals surface area contributed by atoms with Gasteiger partial charge >= 0.3 is 6.03 Å². The van der Waals surface area contributed by atoms with E-state index in [1.165, 1.54) is 0 Å². The van der Waals surface area contributed by atoms with E-state index in [1.807, 2.05) is 40.7 Å². The molecule has 240 valence electrons. The number of carbonyl (C=O) groups excluding carboxylic acids is 2. The minimum atomic E-state index is -0.0644. The van der Waals surface area contributed by atoms with Crippen LogP contribution < -0.4 is 30.7 Å². The number of thioether (sulfide) groups is 1. The highest BCUT2D eigenvalue weighted by molar-refractivity contribution is 8.00. The van der Waals surface area contributed by atoms with Gasteiger partial charge in [-0.15, -0.1) is 0 Å². The quantitative estimate of drug-likeness (QED) is 0.0846. The molecular weight excluding hydrogens is 618 g/mol. The monoisotopic (exact) mass is 655 g/mol. The highest BCUT2D eigenvalue weighted by Crippen LogP contribution is 2.46. The number of fused-ring (bicyclic) bond motifs is 4. The first-order valence-electron chi connectivity index (χ1n) is 15.2. The zero-order chi connectivity index (χ0) is 31.3. The number of halogens is 1. The Morgan fingerprint density at radius 3 is 2.84 bits per heavy atom. The first-order chi connectivity index (χ1) is 21.9. The standard InChI is InChI=1S/C31H38ClN7O5S/c1-42-23-15-18-14-20-28(19(18)16-24(23)43-2)39(38-30(20)35-21-6-5-9-34-29(21)32)11-13-44-12-10-33-26(40)8-4-3-7-25-27-22(17-45-25)36-31(41)37-27/h5-6,9,15-16,22,25,27H,3-4,7-8,10-14,17H2,1-2H3,(H,33,40)(H,35,38)(H2,36,37,41). The molecule has 1 aromatic carbocycles. The topological polar surface area (TPSA) is 141 Å². The molecule has 1 aliphatic carbocycles. The molecule has 3 amide bonds. The number of ether oxygens (including phenoxy) is 3. The fourth-order valence-electron chi connectivity index (χ4n) is 6.19. The summed E-state index contributed by atoms with van der Waals surface area (Å²) in [5.41, 5.74) is 4.86. The van der Waals surface area contributed by atoms with Crippen molar-refractivity contribution in [3.63, 3.8) is 0 Å². The van der Waals surface area contributed by atoms with Gasteiger partial charge in [0.15, 0.2) is 22.5 Å². The van der Waals surface area contributed by atoms with Crippen molar-refractivity contribution in [2.45, 2.75) is 56.0 Å². The summed E-state index contributed by atoms with van der Waals surface area (Å²) in [6.07, 6.45) is 5.59. The first-order valence-corrected chi connectivity index (χ1v) is 16.6. The minimum Gasteiger partial charge on any atom is -0.493 e. The van der Waals surface area contributed by atoms with Crippen molar-refractivity contribution in [1.82, 2.24) is 30.7 Å². The minimum absolute atomic E-state index is 0.0297.